The number of hydrogen-bond acceptors (Lipinski definition) is 6. The first kappa shape index (κ1) is 21.0. The average Bonchev–Trinajstić information content (AvgIpc) is 2.98. The minimum absolute atomic E-state index is 0.0194. The fourth-order valence-electron chi connectivity index (χ4n) is 3.01. The fourth-order valence-corrected chi connectivity index (χ4v) is 3.53. The molecule has 154 valence electrons. The van der Waals surface area contributed by atoms with Crippen molar-refractivity contribution < 1.29 is 22.7 Å². The van der Waals surface area contributed by atoms with Crippen LogP contribution in [0.2, 0.25) is 0 Å². The third kappa shape index (κ3) is 5.00. The zero-order valence-corrected chi connectivity index (χ0v) is 16.8. The second-order valence-corrected chi connectivity index (χ2v) is 8.30. The number of carbonyl (C=O) groups is 2. The Kier molecular flexibility index (Phi) is 6.31. The highest BCUT2D eigenvalue weighted by atomic mass is 32.2. The van der Waals surface area contributed by atoms with Gasteiger partial charge in [0.15, 0.2) is 0 Å². The lowest BCUT2D eigenvalue weighted by molar-refractivity contribution is -0.121. The van der Waals surface area contributed by atoms with Gasteiger partial charge in [-0.05, 0) is 48.4 Å². The Morgan fingerprint density at radius 2 is 1.76 bits per heavy atom. The maximum atomic E-state index is 12.7. The molecular formula is C20H23N3O5S. The highest BCUT2D eigenvalue weighted by Gasteiger charge is 2.39. The summed E-state index contributed by atoms with van der Waals surface area (Å²) in [4.78, 5) is 26.3. The highest BCUT2D eigenvalue weighted by Crippen LogP contribution is 2.25. The Bertz CT molecular complexity index is 988. The standard InChI is InChI=1S/C20H23N3O5S/c1-2-11-28-16-7-5-15(6-8-16)23-19(24)12-18(20(23)25)22-13-14-3-9-17(10-4-14)29(21,26)27/h3-10,18,22H,2,11-13H2,1H3,(H2,21,26,27)/t18-/m0/s1. The van der Waals surface area contributed by atoms with Crippen LogP contribution in [-0.2, 0) is 26.2 Å². The first-order chi connectivity index (χ1) is 13.8. The molecule has 29 heavy (non-hydrogen) atoms. The molecule has 1 aliphatic heterocycles. The highest BCUT2D eigenvalue weighted by molar-refractivity contribution is 7.89. The molecule has 0 radical (unpaired) electrons. The van der Waals surface area contributed by atoms with E-state index in [-0.39, 0.29) is 23.1 Å². The molecule has 1 heterocycles. The number of nitrogens with zero attached hydrogens (tertiary/aromatic N) is 1. The van der Waals surface area contributed by atoms with E-state index in [4.69, 9.17) is 9.88 Å². The number of anilines is 1. The summed E-state index contributed by atoms with van der Waals surface area (Å²) in [7, 11) is -3.75. The van der Waals surface area contributed by atoms with Gasteiger partial charge in [0.2, 0.25) is 15.9 Å². The fraction of sp³-hybridized carbons (Fsp3) is 0.300. The largest absolute Gasteiger partial charge is 0.494 e. The Hall–Kier alpha value is -2.75. The van der Waals surface area contributed by atoms with Crippen LogP contribution in [0.25, 0.3) is 0 Å². The van der Waals surface area contributed by atoms with Gasteiger partial charge >= 0.3 is 0 Å². The van der Waals surface area contributed by atoms with Crippen molar-refractivity contribution in [2.24, 2.45) is 5.14 Å². The van der Waals surface area contributed by atoms with Gasteiger partial charge in [-0.25, -0.2) is 18.5 Å². The summed E-state index contributed by atoms with van der Waals surface area (Å²) in [5.41, 5.74) is 1.28. The van der Waals surface area contributed by atoms with E-state index in [9.17, 15) is 18.0 Å². The summed E-state index contributed by atoms with van der Waals surface area (Å²) in [5.74, 6) is 0.0880. The van der Waals surface area contributed by atoms with Crippen LogP contribution in [0, 0.1) is 0 Å². The molecule has 3 rings (SSSR count). The first-order valence-corrected chi connectivity index (χ1v) is 10.8. The number of rotatable bonds is 8. The smallest absolute Gasteiger partial charge is 0.251 e. The molecular weight excluding hydrogens is 394 g/mol. The Balaban J connectivity index is 1.63. The molecule has 0 unspecified atom stereocenters. The van der Waals surface area contributed by atoms with Gasteiger partial charge in [-0.2, -0.15) is 0 Å². The van der Waals surface area contributed by atoms with E-state index in [1.807, 2.05) is 6.92 Å². The Labute approximate surface area is 169 Å². The Morgan fingerprint density at radius 3 is 2.34 bits per heavy atom. The van der Waals surface area contributed by atoms with Crippen molar-refractivity contribution in [3.05, 3.63) is 54.1 Å². The number of ether oxygens (including phenoxy) is 1. The molecule has 8 nitrogen and oxygen atoms in total. The average molecular weight is 417 g/mol. The molecule has 1 saturated heterocycles. The number of hydrogen-bond donors (Lipinski definition) is 2. The zero-order valence-electron chi connectivity index (χ0n) is 16.0. The molecule has 1 aliphatic rings. The number of primary sulfonamides is 1. The third-order valence-corrected chi connectivity index (χ3v) is 5.45. The maximum Gasteiger partial charge on any atom is 0.251 e. The molecule has 9 heteroatoms. The van der Waals surface area contributed by atoms with Crippen molar-refractivity contribution in [2.45, 2.75) is 37.2 Å². The van der Waals surface area contributed by atoms with E-state index >= 15 is 0 Å². The number of imide groups is 1. The van der Waals surface area contributed by atoms with Crippen molar-refractivity contribution >= 4 is 27.5 Å². The predicted octanol–water partition coefficient (Wildman–Crippen LogP) is 1.54. The summed E-state index contributed by atoms with van der Waals surface area (Å²) in [6.45, 7) is 2.93. The minimum atomic E-state index is -3.75. The lowest BCUT2D eigenvalue weighted by Gasteiger charge is -2.16. The van der Waals surface area contributed by atoms with Crippen molar-refractivity contribution in [2.75, 3.05) is 11.5 Å². The molecule has 2 aromatic rings. The lowest BCUT2D eigenvalue weighted by atomic mass is 10.2. The monoisotopic (exact) mass is 417 g/mol. The summed E-state index contributed by atoms with van der Waals surface area (Å²) >= 11 is 0. The second-order valence-electron chi connectivity index (χ2n) is 6.74. The number of nitrogens with one attached hydrogen (secondary N) is 1. The van der Waals surface area contributed by atoms with Crippen LogP contribution >= 0.6 is 0 Å². The predicted molar refractivity (Wildman–Crippen MR) is 108 cm³/mol. The van der Waals surface area contributed by atoms with Gasteiger partial charge < -0.3 is 10.1 Å². The normalized spacial score (nSPS) is 17.0. The van der Waals surface area contributed by atoms with Crippen LogP contribution in [0.1, 0.15) is 25.3 Å². The van der Waals surface area contributed by atoms with Gasteiger partial charge in [-0.1, -0.05) is 19.1 Å². The van der Waals surface area contributed by atoms with E-state index < -0.39 is 16.1 Å². The topological polar surface area (TPSA) is 119 Å². The summed E-state index contributed by atoms with van der Waals surface area (Å²) in [5, 5.41) is 8.14. The van der Waals surface area contributed by atoms with Crippen molar-refractivity contribution in [3.8, 4) is 5.75 Å². The molecule has 3 N–H and O–H groups in total. The second kappa shape index (κ2) is 8.73. The molecule has 1 fully saturated rings. The summed E-state index contributed by atoms with van der Waals surface area (Å²) in [6, 6.07) is 12.2. The molecule has 2 amide bonds. The Morgan fingerprint density at radius 1 is 1.10 bits per heavy atom. The van der Waals surface area contributed by atoms with Crippen LogP contribution in [0.3, 0.4) is 0 Å². The molecule has 1 atom stereocenters. The van der Waals surface area contributed by atoms with Gasteiger partial charge in [0.25, 0.3) is 5.91 Å². The first-order valence-electron chi connectivity index (χ1n) is 9.24. The zero-order chi connectivity index (χ0) is 21.0. The van der Waals surface area contributed by atoms with Gasteiger partial charge in [-0.15, -0.1) is 0 Å². The maximum absolute atomic E-state index is 12.7. The molecule has 0 spiro atoms. The molecule has 0 aromatic heterocycles. The van der Waals surface area contributed by atoms with Gasteiger partial charge in [0.05, 0.1) is 29.7 Å². The SMILES string of the molecule is CCCOc1ccc(N2C(=O)C[C@H](NCc3ccc(S(N)(=O)=O)cc3)C2=O)cc1. The van der Waals surface area contributed by atoms with E-state index in [1.54, 1.807) is 36.4 Å². The number of carbonyl (C=O) groups excluding carboxylic acids is 2. The van der Waals surface area contributed by atoms with Crippen LogP contribution in [0.4, 0.5) is 5.69 Å². The van der Waals surface area contributed by atoms with Crippen molar-refractivity contribution in [1.82, 2.24) is 5.32 Å². The summed E-state index contributed by atoms with van der Waals surface area (Å²) in [6.07, 6.45) is 0.950. The molecule has 0 bridgehead atoms. The number of nitrogens with two attached hydrogens (primary N) is 1. The van der Waals surface area contributed by atoms with Crippen molar-refractivity contribution in [1.29, 1.82) is 0 Å². The van der Waals surface area contributed by atoms with Crippen LogP contribution < -0.4 is 20.1 Å². The molecule has 0 saturated carbocycles. The van der Waals surface area contributed by atoms with Gasteiger partial charge in [0, 0.05) is 6.54 Å². The van der Waals surface area contributed by atoms with Crippen LogP contribution in [0.5, 0.6) is 5.75 Å². The van der Waals surface area contributed by atoms with Crippen molar-refractivity contribution in [3.63, 3.8) is 0 Å². The number of amides is 2. The quantitative estimate of drug-likeness (QED) is 0.629. The lowest BCUT2D eigenvalue weighted by Crippen LogP contribution is -2.38. The summed E-state index contributed by atoms with van der Waals surface area (Å²) < 4.78 is 28.1. The molecule has 0 aliphatic carbocycles. The minimum Gasteiger partial charge on any atom is -0.494 e. The number of benzene rings is 2. The third-order valence-electron chi connectivity index (χ3n) is 4.52. The van der Waals surface area contributed by atoms with Gasteiger partial charge in [-0.3, -0.25) is 9.59 Å². The number of sulfonamides is 1. The molecule has 2 aromatic carbocycles. The van der Waals surface area contributed by atoms with E-state index in [0.29, 0.717) is 24.6 Å². The van der Waals surface area contributed by atoms with E-state index in [1.165, 1.54) is 17.0 Å². The van der Waals surface area contributed by atoms with Crippen LogP contribution in [0.15, 0.2) is 53.4 Å². The van der Waals surface area contributed by atoms with E-state index in [0.717, 1.165) is 12.0 Å². The van der Waals surface area contributed by atoms with Crippen LogP contribution in [-0.4, -0.2) is 32.9 Å². The van der Waals surface area contributed by atoms with Gasteiger partial charge in [0.1, 0.15) is 5.75 Å². The van der Waals surface area contributed by atoms with E-state index in [2.05, 4.69) is 5.32 Å².